The molecule has 0 radical (unpaired) electrons. The lowest BCUT2D eigenvalue weighted by Crippen LogP contribution is -2.26. The zero-order valence-corrected chi connectivity index (χ0v) is 10.5. The molecule has 0 aliphatic heterocycles. The van der Waals surface area contributed by atoms with E-state index in [2.05, 4.69) is 18.2 Å². The molecule has 4 rings (SSSR count). The summed E-state index contributed by atoms with van der Waals surface area (Å²) in [6, 6.07) is 10.3. The summed E-state index contributed by atoms with van der Waals surface area (Å²) in [7, 11) is 0. The van der Waals surface area contributed by atoms with E-state index in [-0.39, 0.29) is 0 Å². The van der Waals surface area contributed by atoms with Crippen LogP contribution in [0, 0.1) is 23.7 Å². The third-order valence-corrected chi connectivity index (χ3v) is 5.31. The third-order valence-electron chi connectivity index (χ3n) is 5.31. The van der Waals surface area contributed by atoms with Gasteiger partial charge in [-0.25, -0.2) is 0 Å². The van der Waals surface area contributed by atoms with E-state index < -0.39 is 0 Å². The maximum atomic E-state index is 12.4. The zero-order chi connectivity index (χ0) is 12.1. The van der Waals surface area contributed by atoms with Crippen LogP contribution in [0.2, 0.25) is 0 Å². The minimum Gasteiger partial charge on any atom is -0.294 e. The summed E-state index contributed by atoms with van der Waals surface area (Å²) in [6.45, 7) is 0. The number of carbonyl (C=O) groups is 1. The number of rotatable bonds is 1. The van der Waals surface area contributed by atoms with Gasteiger partial charge in [0.2, 0.25) is 0 Å². The molecule has 3 aliphatic carbocycles. The number of allylic oxidation sites excluding steroid dienone is 1. The fourth-order valence-electron chi connectivity index (χ4n) is 4.60. The zero-order valence-electron chi connectivity index (χ0n) is 10.5. The van der Waals surface area contributed by atoms with E-state index in [0.717, 1.165) is 23.8 Å². The molecule has 1 heteroatoms. The van der Waals surface area contributed by atoms with Crippen molar-refractivity contribution in [2.45, 2.75) is 25.7 Å². The first-order valence-electron chi connectivity index (χ1n) is 7.15. The van der Waals surface area contributed by atoms with Crippen molar-refractivity contribution < 1.29 is 4.79 Å². The lowest BCUT2D eigenvalue weighted by Gasteiger charge is -2.25. The second-order valence-electron chi connectivity index (χ2n) is 6.08. The standard InChI is InChI=1S/C17H18O/c18-17-15(9-11-5-2-1-3-6-11)14-10-16(17)13-8-4-7-12(13)14/h1-3,5-6,9,12-14,16H,4,7-8,10H2/b15-9-. The van der Waals surface area contributed by atoms with Crippen molar-refractivity contribution in [2.24, 2.45) is 23.7 Å². The van der Waals surface area contributed by atoms with Crippen molar-refractivity contribution in [2.75, 3.05) is 0 Å². The lowest BCUT2D eigenvalue weighted by atomic mass is 9.78. The van der Waals surface area contributed by atoms with Crippen molar-refractivity contribution in [1.82, 2.24) is 0 Å². The van der Waals surface area contributed by atoms with Crippen LogP contribution in [-0.4, -0.2) is 5.78 Å². The van der Waals surface area contributed by atoms with E-state index in [9.17, 15) is 4.79 Å². The van der Waals surface area contributed by atoms with Crippen LogP contribution in [0.15, 0.2) is 35.9 Å². The van der Waals surface area contributed by atoms with Crippen LogP contribution >= 0.6 is 0 Å². The van der Waals surface area contributed by atoms with Gasteiger partial charge in [0.15, 0.2) is 5.78 Å². The Bertz CT molecular complexity index is 514. The molecule has 1 aromatic rings. The van der Waals surface area contributed by atoms with Gasteiger partial charge in [-0.15, -0.1) is 0 Å². The molecule has 0 N–H and O–H groups in total. The maximum Gasteiger partial charge on any atom is 0.162 e. The van der Waals surface area contributed by atoms with Crippen molar-refractivity contribution >= 4 is 11.9 Å². The Labute approximate surface area is 108 Å². The van der Waals surface area contributed by atoms with Gasteiger partial charge in [0.25, 0.3) is 0 Å². The average Bonchev–Trinajstić information content (AvgIpc) is 3.04. The second-order valence-corrected chi connectivity index (χ2v) is 6.08. The average molecular weight is 238 g/mol. The summed E-state index contributed by atoms with van der Waals surface area (Å²) in [6.07, 6.45) is 7.30. The lowest BCUT2D eigenvalue weighted by molar-refractivity contribution is -0.120. The van der Waals surface area contributed by atoms with Crippen LogP contribution in [0.1, 0.15) is 31.2 Å². The summed E-state index contributed by atoms with van der Waals surface area (Å²) < 4.78 is 0. The molecule has 3 aliphatic rings. The van der Waals surface area contributed by atoms with Crippen molar-refractivity contribution in [1.29, 1.82) is 0 Å². The molecule has 92 valence electrons. The monoisotopic (exact) mass is 238 g/mol. The van der Waals surface area contributed by atoms with Gasteiger partial charge in [0, 0.05) is 5.92 Å². The Kier molecular flexibility index (Phi) is 2.23. The molecule has 1 aromatic carbocycles. The first kappa shape index (κ1) is 10.5. The molecule has 4 unspecified atom stereocenters. The molecule has 18 heavy (non-hydrogen) atoms. The summed E-state index contributed by atoms with van der Waals surface area (Å²) in [5, 5.41) is 0. The van der Waals surface area contributed by atoms with E-state index >= 15 is 0 Å². The van der Waals surface area contributed by atoms with Crippen LogP contribution in [0.25, 0.3) is 6.08 Å². The van der Waals surface area contributed by atoms with Gasteiger partial charge in [0.05, 0.1) is 0 Å². The highest BCUT2D eigenvalue weighted by Gasteiger charge is 2.56. The van der Waals surface area contributed by atoms with Gasteiger partial charge in [0.1, 0.15) is 0 Å². The van der Waals surface area contributed by atoms with Gasteiger partial charge in [-0.1, -0.05) is 36.8 Å². The fourth-order valence-corrected chi connectivity index (χ4v) is 4.60. The van der Waals surface area contributed by atoms with Gasteiger partial charge in [-0.2, -0.15) is 0 Å². The Morgan fingerprint density at radius 3 is 2.50 bits per heavy atom. The topological polar surface area (TPSA) is 17.1 Å². The molecule has 0 aromatic heterocycles. The smallest absolute Gasteiger partial charge is 0.162 e. The summed E-state index contributed by atoms with van der Waals surface area (Å²) >= 11 is 0. The summed E-state index contributed by atoms with van der Waals surface area (Å²) in [4.78, 5) is 12.4. The van der Waals surface area contributed by atoms with Crippen LogP contribution in [0.5, 0.6) is 0 Å². The van der Waals surface area contributed by atoms with Gasteiger partial charge >= 0.3 is 0 Å². The van der Waals surface area contributed by atoms with Gasteiger partial charge in [-0.3, -0.25) is 4.79 Å². The number of benzene rings is 1. The number of carbonyl (C=O) groups excluding carboxylic acids is 1. The molecule has 3 saturated carbocycles. The maximum absolute atomic E-state index is 12.4. The fraction of sp³-hybridized carbons (Fsp3) is 0.471. The molecule has 0 amide bonds. The summed E-state index contributed by atoms with van der Waals surface area (Å²) in [5.41, 5.74) is 2.32. The number of hydrogen-bond donors (Lipinski definition) is 0. The van der Waals surface area contributed by atoms with Gasteiger partial charge < -0.3 is 0 Å². The Hall–Kier alpha value is -1.37. The van der Waals surface area contributed by atoms with E-state index in [0.29, 0.717) is 17.6 Å². The van der Waals surface area contributed by atoms with Crippen molar-refractivity contribution in [3.63, 3.8) is 0 Å². The highest BCUT2D eigenvalue weighted by atomic mass is 16.1. The van der Waals surface area contributed by atoms with Gasteiger partial charge in [-0.05, 0) is 54.2 Å². The van der Waals surface area contributed by atoms with E-state index in [1.54, 1.807) is 0 Å². The number of hydrogen-bond acceptors (Lipinski definition) is 1. The molecule has 1 nitrogen and oxygen atoms in total. The highest BCUT2D eigenvalue weighted by Crippen LogP contribution is 2.59. The van der Waals surface area contributed by atoms with E-state index in [4.69, 9.17) is 0 Å². The predicted octanol–water partition coefficient (Wildman–Crippen LogP) is 3.71. The molecular weight excluding hydrogens is 220 g/mol. The molecule has 0 spiro atoms. The van der Waals surface area contributed by atoms with Crippen LogP contribution in [0.4, 0.5) is 0 Å². The molecule has 4 atom stereocenters. The molecular formula is C17H18O. The molecule has 2 bridgehead atoms. The van der Waals surface area contributed by atoms with Crippen molar-refractivity contribution in [3.05, 3.63) is 41.5 Å². The minimum absolute atomic E-state index is 0.373. The largest absolute Gasteiger partial charge is 0.294 e. The highest BCUT2D eigenvalue weighted by molar-refractivity contribution is 6.05. The Morgan fingerprint density at radius 1 is 1.00 bits per heavy atom. The Balaban J connectivity index is 1.71. The second kappa shape index (κ2) is 3.81. The molecule has 3 fully saturated rings. The first-order valence-corrected chi connectivity index (χ1v) is 7.15. The van der Waals surface area contributed by atoms with E-state index in [1.165, 1.54) is 24.8 Å². The minimum atomic E-state index is 0.373. The normalized spacial score (nSPS) is 39.6. The van der Waals surface area contributed by atoms with Crippen molar-refractivity contribution in [3.8, 4) is 0 Å². The summed E-state index contributed by atoms with van der Waals surface area (Å²) in [5.74, 6) is 2.97. The molecule has 0 heterocycles. The molecule has 0 saturated heterocycles. The van der Waals surface area contributed by atoms with E-state index in [1.807, 2.05) is 18.2 Å². The van der Waals surface area contributed by atoms with Crippen LogP contribution in [-0.2, 0) is 4.79 Å². The number of ketones is 1. The Morgan fingerprint density at radius 2 is 1.72 bits per heavy atom. The SMILES string of the molecule is O=C1/C(=C\c2ccccc2)C2CC1C1CCCC21. The third kappa shape index (κ3) is 1.36. The number of fused-ring (bicyclic) bond motifs is 5. The van der Waals surface area contributed by atoms with Crippen LogP contribution < -0.4 is 0 Å². The number of Topliss-reactive ketones (excluding diaryl/α,β-unsaturated/α-hetero) is 1. The first-order chi connectivity index (χ1) is 8.84. The predicted molar refractivity (Wildman–Crippen MR) is 71.9 cm³/mol. The quantitative estimate of drug-likeness (QED) is 0.682. The van der Waals surface area contributed by atoms with Crippen LogP contribution in [0.3, 0.4) is 0 Å².